The average Bonchev–Trinajstić information content (AvgIpc) is 3.79. The van der Waals surface area contributed by atoms with Crippen LogP contribution in [0.5, 0.6) is 5.75 Å². The predicted molar refractivity (Wildman–Crippen MR) is 252 cm³/mol. The molecule has 24 heteroatoms. The van der Waals surface area contributed by atoms with Crippen LogP contribution in [0.15, 0.2) is 24.3 Å². The van der Waals surface area contributed by atoms with Crippen molar-refractivity contribution in [2.75, 3.05) is 19.6 Å². The molecule has 0 saturated carbocycles. The van der Waals surface area contributed by atoms with E-state index in [2.05, 4.69) is 37.2 Å². The van der Waals surface area contributed by atoms with Crippen LogP contribution in [0.2, 0.25) is 0 Å². The lowest BCUT2D eigenvalue weighted by molar-refractivity contribution is -0.143. The first kappa shape index (κ1) is 59.0. The molecule has 0 aromatic heterocycles. The van der Waals surface area contributed by atoms with E-state index >= 15 is 0 Å². The third-order valence-electron chi connectivity index (χ3n) is 11.6. The molecular weight excluding hydrogens is 915 g/mol. The molecule has 24 nitrogen and oxygen atoms in total. The zero-order chi connectivity index (χ0) is 52.8. The van der Waals surface area contributed by atoms with Crippen LogP contribution in [-0.4, -0.2) is 137 Å². The molecule has 0 radical (unpaired) electrons. The lowest BCUT2D eigenvalue weighted by atomic mass is 9.96. The maximum absolute atomic E-state index is 14.2. The Morgan fingerprint density at radius 1 is 0.671 bits per heavy atom. The average molecular weight is 986 g/mol. The van der Waals surface area contributed by atoms with Gasteiger partial charge in [0.25, 0.3) is 0 Å². The molecule has 0 spiro atoms. The summed E-state index contributed by atoms with van der Waals surface area (Å²) in [6.45, 7) is 8.68. The number of phenolic OH excluding ortho intramolecular Hbond substituents is 1. The first-order chi connectivity index (χ1) is 32.8. The Kier molecular flexibility index (Phi) is 24.5. The molecule has 14 N–H and O–H groups in total. The Morgan fingerprint density at radius 3 is 1.87 bits per heavy atom. The van der Waals surface area contributed by atoms with Crippen molar-refractivity contribution in [2.45, 2.75) is 142 Å². The van der Waals surface area contributed by atoms with Gasteiger partial charge in [0.1, 0.15) is 36.0 Å². The topological polar surface area (TPSA) is 391 Å². The number of nitrogens with one attached hydrogen (secondary N) is 7. The highest BCUT2D eigenvalue weighted by Gasteiger charge is 2.40. The SMILES string of the molecule is CCC(C)C(NC(=O)[C@H](Cc1ccc(O)cc1)NC(=O)CNC(=O)CCC(NC(=O)[C@@H](C)CC(N)=O)C(=O)N1CCCC1C(=O)NC(CC(C)C)C(=O)NCC(N)=O)C(=O)N[C@@H](CCC(N)=O)C(C)=O. The number of carbonyl (C=O) groups is 12. The molecule has 5 unspecified atom stereocenters. The van der Waals surface area contributed by atoms with Gasteiger partial charge in [0, 0.05) is 38.1 Å². The number of benzene rings is 1. The van der Waals surface area contributed by atoms with Crippen LogP contribution >= 0.6 is 0 Å². The fourth-order valence-electron chi connectivity index (χ4n) is 7.48. The molecule has 70 heavy (non-hydrogen) atoms. The maximum atomic E-state index is 14.2. The molecule has 1 fully saturated rings. The zero-order valence-corrected chi connectivity index (χ0v) is 40.7. The summed E-state index contributed by atoms with van der Waals surface area (Å²) in [6.07, 6.45) is -0.361. The predicted octanol–water partition coefficient (Wildman–Crippen LogP) is -2.69. The number of carbonyl (C=O) groups excluding carboxylic acids is 12. The fourth-order valence-corrected chi connectivity index (χ4v) is 7.48. The Hall–Kier alpha value is -7.14. The molecule has 1 saturated heterocycles. The highest BCUT2D eigenvalue weighted by molar-refractivity contribution is 5.97. The van der Waals surface area contributed by atoms with Crippen molar-refractivity contribution >= 4 is 70.8 Å². The number of primary amides is 3. The smallest absolute Gasteiger partial charge is 0.245 e. The Labute approximate surface area is 406 Å². The minimum Gasteiger partial charge on any atom is -0.508 e. The molecule has 1 aromatic carbocycles. The number of Topliss-reactive ketones (excluding diaryl/α,β-unsaturated/α-hetero) is 1. The lowest BCUT2D eigenvalue weighted by Crippen LogP contribution is -2.58. The summed E-state index contributed by atoms with van der Waals surface area (Å²) in [5.41, 5.74) is 16.2. The number of hydrogen-bond donors (Lipinski definition) is 11. The second-order valence-corrected chi connectivity index (χ2v) is 18.1. The monoisotopic (exact) mass is 986 g/mol. The second-order valence-electron chi connectivity index (χ2n) is 18.1. The maximum Gasteiger partial charge on any atom is 0.245 e. The van der Waals surface area contributed by atoms with Gasteiger partial charge in [-0.2, -0.15) is 0 Å². The third-order valence-corrected chi connectivity index (χ3v) is 11.6. The highest BCUT2D eigenvalue weighted by atomic mass is 16.3. The normalized spacial score (nSPS) is 16.2. The van der Waals surface area contributed by atoms with Gasteiger partial charge in [-0.3, -0.25) is 57.5 Å². The molecular formula is C46H71N11O13. The number of nitrogens with two attached hydrogens (primary N) is 3. The van der Waals surface area contributed by atoms with Crippen LogP contribution in [0, 0.1) is 17.8 Å². The summed E-state index contributed by atoms with van der Waals surface area (Å²) >= 11 is 0. The molecule has 11 amide bonds. The van der Waals surface area contributed by atoms with Crippen LogP contribution in [0.4, 0.5) is 0 Å². The summed E-state index contributed by atoms with van der Waals surface area (Å²) in [7, 11) is 0. The van der Waals surface area contributed by atoms with Crippen molar-refractivity contribution in [3.05, 3.63) is 29.8 Å². The van der Waals surface area contributed by atoms with Crippen LogP contribution < -0.4 is 54.4 Å². The molecule has 8 atom stereocenters. The van der Waals surface area contributed by atoms with E-state index in [0.717, 1.165) is 0 Å². The van der Waals surface area contributed by atoms with Gasteiger partial charge in [-0.05, 0) is 68.6 Å². The Balaban J connectivity index is 2.27. The minimum atomic E-state index is -1.41. The van der Waals surface area contributed by atoms with Gasteiger partial charge in [0.2, 0.25) is 65.0 Å². The highest BCUT2D eigenvalue weighted by Crippen LogP contribution is 2.21. The van der Waals surface area contributed by atoms with Crippen LogP contribution in [0.25, 0.3) is 0 Å². The van der Waals surface area contributed by atoms with Gasteiger partial charge in [0.05, 0.1) is 19.1 Å². The lowest BCUT2D eigenvalue weighted by Gasteiger charge is -2.30. The molecule has 0 bridgehead atoms. The molecule has 388 valence electrons. The number of hydrogen-bond acceptors (Lipinski definition) is 13. The molecule has 0 aliphatic carbocycles. The Bertz CT molecular complexity index is 2070. The molecule has 1 heterocycles. The largest absolute Gasteiger partial charge is 0.508 e. The third kappa shape index (κ3) is 20.6. The number of amides is 11. The van der Waals surface area contributed by atoms with Crippen molar-refractivity contribution in [2.24, 2.45) is 35.0 Å². The number of phenols is 1. The first-order valence-electron chi connectivity index (χ1n) is 23.3. The van der Waals surface area contributed by atoms with E-state index in [1.54, 1.807) is 13.8 Å². The number of aromatic hydroxyl groups is 1. The van der Waals surface area contributed by atoms with E-state index in [1.807, 2.05) is 13.8 Å². The molecule has 1 aliphatic heterocycles. The summed E-state index contributed by atoms with van der Waals surface area (Å²) in [6, 6.07) is -1.42. The van der Waals surface area contributed by atoms with Crippen molar-refractivity contribution < 1.29 is 62.6 Å². The summed E-state index contributed by atoms with van der Waals surface area (Å²) in [5, 5.41) is 27.6. The fraction of sp³-hybridized carbons (Fsp3) is 0.609. The van der Waals surface area contributed by atoms with Gasteiger partial charge < -0.3 is 64.4 Å². The number of nitrogens with zero attached hydrogens (tertiary/aromatic N) is 1. The number of likely N-dealkylation sites (tertiary alicyclic amines) is 1. The van der Waals surface area contributed by atoms with Crippen LogP contribution in [0.3, 0.4) is 0 Å². The second kappa shape index (κ2) is 29.0. The number of rotatable bonds is 30. The van der Waals surface area contributed by atoms with E-state index in [1.165, 1.54) is 43.0 Å². The standard InChI is InChI=1S/C46H71N11O13/c1-7-25(4)40(45(69)53-30(27(6)58)14-16-35(47)60)56-43(67)33(21-28-10-12-29(59)13-11-28)52-39(64)23-50-38(63)17-15-31(54-41(65)26(5)20-36(48)61)46(70)57-18-8-9-34(57)44(68)55-32(19-24(2)3)42(66)51-22-37(49)62/h10-13,24-26,30-34,40,59H,7-9,14-23H2,1-6H3,(H2,47,60)(H2,48,61)(H2,49,62)(H,50,63)(H,51,66)(H,52,64)(H,53,69)(H,54,65)(H,55,68)(H,56,67)/t25?,26-,30-,31?,32?,33-,34?,40?/m0/s1. The van der Waals surface area contributed by atoms with E-state index in [4.69, 9.17) is 17.2 Å². The minimum absolute atomic E-state index is 0.0632. The van der Waals surface area contributed by atoms with Gasteiger partial charge in [0.15, 0.2) is 5.78 Å². The van der Waals surface area contributed by atoms with Crippen molar-refractivity contribution in [3.8, 4) is 5.75 Å². The molecule has 2 rings (SSSR count). The summed E-state index contributed by atoms with van der Waals surface area (Å²) in [4.78, 5) is 156. The van der Waals surface area contributed by atoms with Crippen LogP contribution in [-0.2, 0) is 64.0 Å². The van der Waals surface area contributed by atoms with E-state index < -0.39 is 138 Å². The van der Waals surface area contributed by atoms with Crippen molar-refractivity contribution in [1.29, 1.82) is 0 Å². The van der Waals surface area contributed by atoms with Crippen molar-refractivity contribution in [1.82, 2.24) is 42.1 Å². The molecule has 1 aromatic rings. The van der Waals surface area contributed by atoms with E-state index in [-0.39, 0.29) is 63.2 Å². The van der Waals surface area contributed by atoms with Crippen molar-refractivity contribution in [3.63, 3.8) is 0 Å². The quantitative estimate of drug-likeness (QED) is 0.0375. The van der Waals surface area contributed by atoms with E-state index in [9.17, 15) is 62.6 Å². The summed E-state index contributed by atoms with van der Waals surface area (Å²) in [5.74, 6) is -10.2. The van der Waals surface area contributed by atoms with Gasteiger partial charge in [-0.15, -0.1) is 0 Å². The number of ketones is 1. The Morgan fingerprint density at radius 2 is 1.30 bits per heavy atom. The molecule has 1 aliphatic rings. The zero-order valence-electron chi connectivity index (χ0n) is 40.7. The van der Waals surface area contributed by atoms with Gasteiger partial charge in [-0.25, -0.2) is 0 Å². The van der Waals surface area contributed by atoms with Gasteiger partial charge in [-0.1, -0.05) is 53.2 Å². The van der Waals surface area contributed by atoms with Crippen LogP contribution in [0.1, 0.15) is 105 Å². The summed E-state index contributed by atoms with van der Waals surface area (Å²) < 4.78 is 0. The first-order valence-corrected chi connectivity index (χ1v) is 23.3. The van der Waals surface area contributed by atoms with Gasteiger partial charge >= 0.3 is 0 Å². The van der Waals surface area contributed by atoms with E-state index in [0.29, 0.717) is 18.4 Å².